The maximum Gasteiger partial charge on any atom is 0.128 e. The molecular weight excluding hydrogens is 214 g/mol. The fourth-order valence-corrected chi connectivity index (χ4v) is 2.23. The lowest BCUT2D eigenvalue weighted by molar-refractivity contribution is 0.0296. The van der Waals surface area contributed by atoms with Gasteiger partial charge in [0.1, 0.15) is 5.82 Å². The monoisotopic (exact) mass is 239 g/mol. The number of methoxy groups -OCH3 is 1. The number of aromatic nitrogens is 2. The molecule has 1 aromatic rings. The van der Waals surface area contributed by atoms with Gasteiger partial charge in [0.05, 0.1) is 12.1 Å². The van der Waals surface area contributed by atoms with Crippen LogP contribution in [0.1, 0.15) is 39.6 Å². The highest BCUT2D eigenvalue weighted by Gasteiger charge is 2.28. The third-order valence-electron chi connectivity index (χ3n) is 3.05. The summed E-state index contributed by atoms with van der Waals surface area (Å²) >= 11 is 0. The van der Waals surface area contributed by atoms with E-state index in [0.717, 1.165) is 18.9 Å². The molecule has 0 aromatic carbocycles. The first-order chi connectivity index (χ1) is 8.15. The van der Waals surface area contributed by atoms with Gasteiger partial charge < -0.3 is 14.6 Å². The van der Waals surface area contributed by atoms with Crippen molar-refractivity contribution < 1.29 is 4.74 Å². The Kier molecular flexibility index (Phi) is 5.65. The van der Waals surface area contributed by atoms with Crippen molar-refractivity contribution in [3.8, 4) is 0 Å². The summed E-state index contributed by atoms with van der Waals surface area (Å²) in [7, 11) is 1.77. The van der Waals surface area contributed by atoms with E-state index in [2.05, 4.69) is 42.6 Å². The molecule has 1 aromatic heterocycles. The van der Waals surface area contributed by atoms with Crippen molar-refractivity contribution in [2.45, 2.75) is 46.4 Å². The minimum atomic E-state index is 0.141. The van der Waals surface area contributed by atoms with E-state index in [4.69, 9.17) is 4.74 Å². The predicted molar refractivity (Wildman–Crippen MR) is 70.0 cm³/mol. The molecule has 0 saturated heterocycles. The minimum Gasteiger partial charge on any atom is -0.379 e. The average Bonchev–Trinajstić information content (AvgIpc) is 2.76. The molecular formula is C13H25N3O. The molecule has 1 rings (SSSR count). The summed E-state index contributed by atoms with van der Waals surface area (Å²) in [6, 6.07) is 0.153. The second kappa shape index (κ2) is 6.77. The van der Waals surface area contributed by atoms with E-state index in [9.17, 15) is 0 Å². The predicted octanol–water partition coefficient (Wildman–Crippen LogP) is 2.22. The summed E-state index contributed by atoms with van der Waals surface area (Å²) in [5, 5.41) is 3.48. The lowest BCUT2D eigenvalue weighted by Gasteiger charge is -2.29. The molecule has 1 heterocycles. The molecule has 0 aliphatic heterocycles. The molecule has 0 radical (unpaired) electrons. The third-order valence-corrected chi connectivity index (χ3v) is 3.05. The minimum absolute atomic E-state index is 0.141. The molecule has 0 fully saturated rings. The van der Waals surface area contributed by atoms with Crippen molar-refractivity contribution >= 4 is 0 Å². The van der Waals surface area contributed by atoms with Gasteiger partial charge in [0.25, 0.3) is 0 Å². The summed E-state index contributed by atoms with van der Waals surface area (Å²) in [4.78, 5) is 4.48. The largest absolute Gasteiger partial charge is 0.379 e. The SMILES string of the molecule is CCNC(c1nccn1CC)C(OC)C(C)C. The van der Waals surface area contributed by atoms with Gasteiger partial charge in [0.2, 0.25) is 0 Å². The Morgan fingerprint density at radius 2 is 2.12 bits per heavy atom. The standard InChI is InChI=1S/C13H25N3O/c1-6-14-11(12(17-5)10(3)4)13-15-8-9-16(13)7-2/h8-12,14H,6-7H2,1-5H3. The van der Waals surface area contributed by atoms with Crippen molar-refractivity contribution in [3.05, 3.63) is 18.2 Å². The zero-order chi connectivity index (χ0) is 12.8. The average molecular weight is 239 g/mol. The van der Waals surface area contributed by atoms with Gasteiger partial charge in [0.15, 0.2) is 0 Å². The fourth-order valence-electron chi connectivity index (χ4n) is 2.23. The number of nitrogens with zero attached hydrogens (tertiary/aromatic N) is 2. The van der Waals surface area contributed by atoms with Crippen LogP contribution in [0.15, 0.2) is 12.4 Å². The Morgan fingerprint density at radius 3 is 2.59 bits per heavy atom. The van der Waals surface area contributed by atoms with Gasteiger partial charge in [0, 0.05) is 26.0 Å². The number of aryl methyl sites for hydroxylation is 1. The van der Waals surface area contributed by atoms with E-state index in [1.165, 1.54) is 0 Å². The van der Waals surface area contributed by atoms with Crippen LogP contribution >= 0.6 is 0 Å². The van der Waals surface area contributed by atoms with E-state index in [-0.39, 0.29) is 12.1 Å². The van der Waals surface area contributed by atoms with Crippen LogP contribution in [-0.2, 0) is 11.3 Å². The van der Waals surface area contributed by atoms with E-state index in [1.807, 2.05) is 12.4 Å². The van der Waals surface area contributed by atoms with E-state index in [0.29, 0.717) is 5.92 Å². The highest BCUT2D eigenvalue weighted by atomic mass is 16.5. The van der Waals surface area contributed by atoms with E-state index in [1.54, 1.807) is 7.11 Å². The summed E-state index contributed by atoms with van der Waals surface area (Å²) in [6.45, 7) is 10.4. The van der Waals surface area contributed by atoms with Gasteiger partial charge in [-0.3, -0.25) is 0 Å². The summed E-state index contributed by atoms with van der Waals surface area (Å²) in [5.74, 6) is 1.51. The first-order valence-corrected chi connectivity index (χ1v) is 6.42. The van der Waals surface area contributed by atoms with Gasteiger partial charge in [-0.25, -0.2) is 4.98 Å². The highest BCUT2D eigenvalue weighted by molar-refractivity contribution is 5.03. The lowest BCUT2D eigenvalue weighted by atomic mass is 9.98. The number of likely N-dealkylation sites (N-methyl/N-ethyl adjacent to an activating group) is 1. The molecule has 2 atom stereocenters. The van der Waals surface area contributed by atoms with Crippen LogP contribution in [0.5, 0.6) is 0 Å². The molecule has 98 valence electrons. The molecule has 0 bridgehead atoms. The maximum absolute atomic E-state index is 5.63. The van der Waals surface area contributed by atoms with Crippen LogP contribution < -0.4 is 5.32 Å². The normalized spacial score (nSPS) is 15.2. The van der Waals surface area contributed by atoms with Crippen LogP contribution in [0, 0.1) is 5.92 Å². The van der Waals surface area contributed by atoms with Crippen molar-refractivity contribution in [2.75, 3.05) is 13.7 Å². The van der Waals surface area contributed by atoms with Gasteiger partial charge in [-0.05, 0) is 19.4 Å². The lowest BCUT2D eigenvalue weighted by Crippen LogP contribution is -2.38. The number of hydrogen-bond donors (Lipinski definition) is 1. The molecule has 2 unspecified atom stereocenters. The van der Waals surface area contributed by atoms with Gasteiger partial charge in [-0.15, -0.1) is 0 Å². The molecule has 4 heteroatoms. The van der Waals surface area contributed by atoms with Gasteiger partial charge in [-0.1, -0.05) is 20.8 Å². The second-order valence-electron chi connectivity index (χ2n) is 4.55. The topological polar surface area (TPSA) is 39.1 Å². The molecule has 0 aliphatic carbocycles. The summed E-state index contributed by atoms with van der Waals surface area (Å²) in [5.41, 5.74) is 0. The second-order valence-corrected chi connectivity index (χ2v) is 4.55. The van der Waals surface area contributed by atoms with Crippen LogP contribution in [-0.4, -0.2) is 29.3 Å². The van der Waals surface area contributed by atoms with Gasteiger partial charge in [-0.2, -0.15) is 0 Å². The first-order valence-electron chi connectivity index (χ1n) is 6.42. The van der Waals surface area contributed by atoms with Crippen LogP contribution in [0.2, 0.25) is 0 Å². The molecule has 0 spiro atoms. The van der Waals surface area contributed by atoms with Crippen molar-refractivity contribution in [3.63, 3.8) is 0 Å². The Labute approximate surface area is 104 Å². The van der Waals surface area contributed by atoms with Crippen molar-refractivity contribution in [1.29, 1.82) is 0 Å². The fraction of sp³-hybridized carbons (Fsp3) is 0.769. The maximum atomic E-state index is 5.63. The van der Waals surface area contributed by atoms with Gasteiger partial charge >= 0.3 is 0 Å². The smallest absolute Gasteiger partial charge is 0.128 e. The van der Waals surface area contributed by atoms with Crippen LogP contribution in [0.25, 0.3) is 0 Å². The first kappa shape index (κ1) is 14.2. The van der Waals surface area contributed by atoms with Crippen LogP contribution in [0.4, 0.5) is 0 Å². The van der Waals surface area contributed by atoms with Crippen LogP contribution in [0.3, 0.4) is 0 Å². The van der Waals surface area contributed by atoms with E-state index >= 15 is 0 Å². The summed E-state index contributed by atoms with van der Waals surface area (Å²) in [6.07, 6.45) is 4.02. The Balaban J connectivity index is 2.99. The molecule has 0 aliphatic rings. The number of ether oxygens (including phenoxy) is 1. The zero-order valence-electron chi connectivity index (χ0n) is 11.6. The molecule has 0 saturated carbocycles. The number of imidazole rings is 1. The molecule has 4 nitrogen and oxygen atoms in total. The summed E-state index contributed by atoms with van der Waals surface area (Å²) < 4.78 is 7.80. The Bertz CT molecular complexity index is 322. The number of hydrogen-bond acceptors (Lipinski definition) is 3. The Morgan fingerprint density at radius 1 is 1.41 bits per heavy atom. The van der Waals surface area contributed by atoms with Crippen molar-refractivity contribution in [1.82, 2.24) is 14.9 Å². The number of rotatable bonds is 7. The quantitative estimate of drug-likeness (QED) is 0.793. The highest BCUT2D eigenvalue weighted by Crippen LogP contribution is 2.23. The molecule has 17 heavy (non-hydrogen) atoms. The van der Waals surface area contributed by atoms with E-state index < -0.39 is 0 Å². The molecule has 1 N–H and O–H groups in total. The Hall–Kier alpha value is -0.870. The number of nitrogens with one attached hydrogen (secondary N) is 1. The van der Waals surface area contributed by atoms with Crippen molar-refractivity contribution in [2.24, 2.45) is 5.92 Å². The third kappa shape index (κ3) is 3.30. The zero-order valence-corrected chi connectivity index (χ0v) is 11.6. The molecule has 0 amide bonds.